The van der Waals surface area contributed by atoms with Crippen molar-refractivity contribution in [3.63, 3.8) is 0 Å². The summed E-state index contributed by atoms with van der Waals surface area (Å²) < 4.78 is 6.07. The first-order valence-electron chi connectivity index (χ1n) is 12.5. The number of likely N-dealkylation sites (tertiary alicyclic amines) is 1. The largest absolute Gasteiger partial charge is 0.504 e. The standard InChI is InChI=1S/C27H37NO6/c1-16(12-19(29)13-17-7-8-21(30)22(31)14-17)24(32)28-11-5-6-20(28)25(33)34-23-15-18-9-10-27(23,4)26(18,2)3/h7-8,14,16,18,20,23,30-31H,5-6,9-13,15H2,1-4H3. The topological polar surface area (TPSA) is 104 Å². The van der Waals surface area contributed by atoms with Crippen LogP contribution in [0, 0.1) is 22.7 Å². The molecule has 1 aliphatic heterocycles. The van der Waals surface area contributed by atoms with Crippen LogP contribution < -0.4 is 0 Å². The molecule has 0 radical (unpaired) electrons. The lowest BCUT2D eigenvalue weighted by Gasteiger charge is -2.39. The molecule has 3 aliphatic rings. The minimum Gasteiger partial charge on any atom is -0.504 e. The van der Waals surface area contributed by atoms with Gasteiger partial charge in [0.25, 0.3) is 0 Å². The minimum absolute atomic E-state index is 0.0247. The first-order valence-corrected chi connectivity index (χ1v) is 12.5. The van der Waals surface area contributed by atoms with Crippen LogP contribution in [0.4, 0.5) is 0 Å². The van der Waals surface area contributed by atoms with Gasteiger partial charge in [0, 0.05) is 30.7 Å². The molecule has 5 unspecified atom stereocenters. The smallest absolute Gasteiger partial charge is 0.329 e. The number of ketones is 1. The van der Waals surface area contributed by atoms with E-state index in [-0.39, 0.29) is 58.9 Å². The van der Waals surface area contributed by atoms with Gasteiger partial charge in [0.2, 0.25) is 5.91 Å². The normalized spacial score (nSPS) is 30.4. The molecule has 7 nitrogen and oxygen atoms in total. The Hall–Kier alpha value is -2.57. The number of aromatic hydroxyl groups is 2. The van der Waals surface area contributed by atoms with Crippen LogP contribution in [-0.4, -0.2) is 51.5 Å². The molecule has 2 saturated carbocycles. The van der Waals surface area contributed by atoms with E-state index in [4.69, 9.17) is 4.74 Å². The van der Waals surface area contributed by atoms with E-state index < -0.39 is 12.0 Å². The SMILES string of the molecule is CC(CC(=O)Cc1ccc(O)c(O)c1)C(=O)N1CCCC1C(=O)OC1CC2CCC1(C)C2(C)C. The van der Waals surface area contributed by atoms with E-state index in [9.17, 15) is 24.6 Å². The van der Waals surface area contributed by atoms with E-state index in [1.807, 2.05) is 0 Å². The van der Waals surface area contributed by atoms with Gasteiger partial charge in [-0.05, 0) is 61.1 Å². The lowest BCUT2D eigenvalue weighted by atomic mass is 9.70. The second kappa shape index (κ2) is 8.90. The van der Waals surface area contributed by atoms with Crippen LogP contribution in [0.5, 0.6) is 11.5 Å². The number of ether oxygens (including phenoxy) is 1. The number of amides is 1. The summed E-state index contributed by atoms with van der Waals surface area (Å²) in [6.45, 7) is 9.01. The number of carbonyl (C=O) groups is 3. The molecular formula is C27H37NO6. The number of phenols is 2. The Balaban J connectivity index is 1.34. The Morgan fingerprint density at radius 3 is 2.50 bits per heavy atom. The van der Waals surface area contributed by atoms with Gasteiger partial charge in [-0.25, -0.2) is 4.79 Å². The summed E-state index contributed by atoms with van der Waals surface area (Å²) in [6.07, 6.45) is 4.49. The molecule has 1 aromatic carbocycles. The molecule has 186 valence electrons. The van der Waals surface area contributed by atoms with Gasteiger partial charge in [-0.3, -0.25) is 9.59 Å². The van der Waals surface area contributed by atoms with Crippen molar-refractivity contribution in [3.8, 4) is 11.5 Å². The van der Waals surface area contributed by atoms with Crippen LogP contribution in [0.15, 0.2) is 18.2 Å². The summed E-state index contributed by atoms with van der Waals surface area (Å²) in [5, 5.41) is 19.0. The Morgan fingerprint density at radius 1 is 1.15 bits per heavy atom. The highest BCUT2D eigenvalue weighted by molar-refractivity contribution is 5.90. The van der Waals surface area contributed by atoms with Crippen molar-refractivity contribution in [2.24, 2.45) is 22.7 Å². The third-order valence-corrected chi connectivity index (χ3v) is 9.18. The Kier molecular flexibility index (Phi) is 6.42. The molecule has 2 aliphatic carbocycles. The predicted octanol–water partition coefficient (Wildman–Crippen LogP) is 3.98. The van der Waals surface area contributed by atoms with Gasteiger partial charge in [-0.1, -0.05) is 33.8 Å². The second-order valence-corrected chi connectivity index (χ2v) is 11.4. The predicted molar refractivity (Wildman–Crippen MR) is 126 cm³/mol. The number of phenolic OH excluding ortho intramolecular Hbond substituents is 2. The zero-order valence-corrected chi connectivity index (χ0v) is 20.7. The van der Waals surface area contributed by atoms with Crippen molar-refractivity contribution >= 4 is 17.7 Å². The van der Waals surface area contributed by atoms with Crippen LogP contribution in [0.1, 0.15) is 71.8 Å². The number of rotatable bonds is 7. The molecule has 3 fully saturated rings. The molecule has 5 atom stereocenters. The van der Waals surface area contributed by atoms with Crippen molar-refractivity contribution in [3.05, 3.63) is 23.8 Å². The molecule has 1 saturated heterocycles. The third kappa shape index (κ3) is 4.18. The summed E-state index contributed by atoms with van der Waals surface area (Å²) in [5.74, 6) is -1.14. The molecule has 4 rings (SSSR count). The van der Waals surface area contributed by atoms with E-state index >= 15 is 0 Å². The van der Waals surface area contributed by atoms with Gasteiger partial charge >= 0.3 is 5.97 Å². The monoisotopic (exact) mass is 471 g/mol. The number of Topliss-reactive ketones (excluding diaryl/α,β-unsaturated/α-hetero) is 1. The lowest BCUT2D eigenvalue weighted by Crippen LogP contribution is -2.46. The molecule has 2 N–H and O–H groups in total. The molecular weight excluding hydrogens is 434 g/mol. The maximum Gasteiger partial charge on any atom is 0.329 e. The fourth-order valence-electron chi connectivity index (χ4n) is 6.49. The van der Waals surface area contributed by atoms with Gasteiger partial charge in [0.1, 0.15) is 17.9 Å². The molecule has 1 amide bonds. The Bertz CT molecular complexity index is 987. The Labute approximate surface area is 201 Å². The minimum atomic E-state index is -0.579. The molecule has 0 aromatic heterocycles. The Morgan fingerprint density at radius 2 is 1.88 bits per heavy atom. The zero-order valence-electron chi connectivity index (χ0n) is 20.7. The van der Waals surface area contributed by atoms with Gasteiger partial charge in [0.15, 0.2) is 11.5 Å². The molecule has 34 heavy (non-hydrogen) atoms. The van der Waals surface area contributed by atoms with Crippen molar-refractivity contribution < 1.29 is 29.3 Å². The third-order valence-electron chi connectivity index (χ3n) is 9.18. The van der Waals surface area contributed by atoms with Crippen molar-refractivity contribution in [1.82, 2.24) is 4.90 Å². The van der Waals surface area contributed by atoms with Gasteiger partial charge in [-0.15, -0.1) is 0 Å². The fourth-order valence-corrected chi connectivity index (χ4v) is 6.49. The number of esters is 1. The van der Waals surface area contributed by atoms with Crippen molar-refractivity contribution in [2.75, 3.05) is 6.54 Å². The van der Waals surface area contributed by atoms with Crippen LogP contribution in [0.25, 0.3) is 0 Å². The van der Waals surface area contributed by atoms with E-state index in [0.717, 1.165) is 19.3 Å². The highest BCUT2D eigenvalue weighted by Crippen LogP contribution is 2.66. The number of hydrogen-bond acceptors (Lipinski definition) is 6. The highest BCUT2D eigenvalue weighted by atomic mass is 16.5. The zero-order chi connectivity index (χ0) is 24.8. The lowest BCUT2D eigenvalue weighted by molar-refractivity contribution is -0.165. The fraction of sp³-hybridized carbons (Fsp3) is 0.667. The number of fused-ring (bicyclic) bond motifs is 2. The van der Waals surface area contributed by atoms with Crippen molar-refractivity contribution in [1.29, 1.82) is 0 Å². The molecule has 1 aromatic rings. The molecule has 1 heterocycles. The molecule has 7 heteroatoms. The second-order valence-electron chi connectivity index (χ2n) is 11.4. The van der Waals surface area contributed by atoms with Crippen LogP contribution in [0.2, 0.25) is 0 Å². The average molecular weight is 472 g/mol. The average Bonchev–Trinajstić information content (AvgIpc) is 3.39. The first-order chi connectivity index (χ1) is 15.9. The maximum atomic E-state index is 13.2. The van der Waals surface area contributed by atoms with Gasteiger partial charge < -0.3 is 19.8 Å². The van der Waals surface area contributed by atoms with E-state index in [2.05, 4.69) is 20.8 Å². The molecule has 0 spiro atoms. The summed E-state index contributed by atoms with van der Waals surface area (Å²) in [7, 11) is 0. The quantitative estimate of drug-likeness (QED) is 0.460. The van der Waals surface area contributed by atoms with Crippen LogP contribution in [-0.2, 0) is 25.5 Å². The van der Waals surface area contributed by atoms with E-state index in [0.29, 0.717) is 24.4 Å². The summed E-state index contributed by atoms with van der Waals surface area (Å²) >= 11 is 0. The summed E-state index contributed by atoms with van der Waals surface area (Å²) in [6, 6.07) is 3.68. The number of hydrogen-bond donors (Lipinski definition) is 2. The van der Waals surface area contributed by atoms with E-state index in [1.54, 1.807) is 17.9 Å². The van der Waals surface area contributed by atoms with Gasteiger partial charge in [0.05, 0.1) is 0 Å². The molecule has 2 bridgehead atoms. The summed E-state index contributed by atoms with van der Waals surface area (Å²) in [4.78, 5) is 40.5. The number of nitrogens with zero attached hydrogens (tertiary/aromatic N) is 1. The number of benzene rings is 1. The van der Waals surface area contributed by atoms with E-state index in [1.165, 1.54) is 18.6 Å². The van der Waals surface area contributed by atoms with Crippen LogP contribution >= 0.6 is 0 Å². The van der Waals surface area contributed by atoms with Gasteiger partial charge in [-0.2, -0.15) is 0 Å². The number of carbonyl (C=O) groups excluding carboxylic acids is 3. The first kappa shape index (κ1) is 24.6. The summed E-state index contributed by atoms with van der Waals surface area (Å²) in [5.41, 5.74) is 0.694. The van der Waals surface area contributed by atoms with Crippen LogP contribution in [0.3, 0.4) is 0 Å². The highest BCUT2D eigenvalue weighted by Gasteiger charge is 2.63. The maximum absolute atomic E-state index is 13.2. The van der Waals surface area contributed by atoms with Crippen molar-refractivity contribution in [2.45, 2.75) is 84.8 Å².